The van der Waals surface area contributed by atoms with E-state index >= 15 is 0 Å². The molecule has 50 heavy (non-hydrogen) atoms. The maximum absolute atomic E-state index is 12.6. The van der Waals surface area contributed by atoms with Crippen molar-refractivity contribution in [1.82, 2.24) is 0 Å². The van der Waals surface area contributed by atoms with Crippen molar-refractivity contribution in [2.75, 3.05) is 47.5 Å². The first-order valence-corrected chi connectivity index (χ1v) is 21.5. The summed E-state index contributed by atoms with van der Waals surface area (Å²) < 4.78 is 33.8. The number of likely N-dealkylation sites (N-methyl/N-ethyl adjacent to an activating group) is 1. The average molecular weight is 730 g/mol. The number of allylic oxidation sites excluding steroid dienone is 4. The first-order valence-electron chi connectivity index (χ1n) is 20.0. The Labute approximate surface area is 307 Å². The Morgan fingerprint density at radius 2 is 1.08 bits per heavy atom. The van der Waals surface area contributed by atoms with Gasteiger partial charge in [-0.05, 0) is 44.9 Å². The molecule has 2 atom stereocenters. The van der Waals surface area contributed by atoms with E-state index in [1.165, 1.54) is 70.6 Å². The number of hydrogen-bond donors (Lipinski definition) is 0. The van der Waals surface area contributed by atoms with Crippen molar-refractivity contribution < 1.29 is 42.1 Å². The minimum Gasteiger partial charge on any atom is -0.756 e. The van der Waals surface area contributed by atoms with Crippen LogP contribution in [0.4, 0.5) is 0 Å². The normalized spacial score (nSPS) is 14.0. The summed E-state index contributed by atoms with van der Waals surface area (Å²) in [4.78, 5) is 37.3. The maximum atomic E-state index is 12.6. The zero-order chi connectivity index (χ0) is 37.2. The van der Waals surface area contributed by atoms with E-state index in [1.54, 1.807) is 0 Å². The predicted molar refractivity (Wildman–Crippen MR) is 204 cm³/mol. The summed E-state index contributed by atoms with van der Waals surface area (Å²) in [5.41, 5.74) is 0. The number of phosphoric acid groups is 1. The highest BCUT2D eigenvalue weighted by molar-refractivity contribution is 7.45. The number of phosphoric ester groups is 1. The standard InChI is InChI=1S/C40H76NO8P/c1-6-8-10-12-14-16-18-19-20-21-23-24-26-28-30-32-39(42)46-36-38(37-48-50(44,45)47-35-34-41(3,4)5)49-40(43)33-31-29-27-25-22-17-15-13-11-9-7-2/h14,16,19-20,38H,6-13,15,17-18,21-37H2,1-5H3/b16-14-,20-19-/t38-/m1/s1. The zero-order valence-electron chi connectivity index (χ0n) is 32.8. The van der Waals surface area contributed by atoms with E-state index in [4.69, 9.17) is 18.5 Å². The monoisotopic (exact) mass is 730 g/mol. The molecular weight excluding hydrogens is 653 g/mol. The topological polar surface area (TPSA) is 111 Å². The Balaban J connectivity index is 4.42. The van der Waals surface area contributed by atoms with Gasteiger partial charge in [-0.3, -0.25) is 14.2 Å². The molecule has 0 aromatic heterocycles. The minimum absolute atomic E-state index is 0.0316. The van der Waals surface area contributed by atoms with E-state index in [1.807, 2.05) is 21.1 Å². The van der Waals surface area contributed by atoms with Crippen LogP contribution in [-0.4, -0.2) is 70.0 Å². The zero-order valence-corrected chi connectivity index (χ0v) is 33.7. The third-order valence-corrected chi connectivity index (χ3v) is 9.44. The number of unbranched alkanes of at least 4 members (excludes halogenated alkanes) is 18. The van der Waals surface area contributed by atoms with Crippen molar-refractivity contribution in [3.63, 3.8) is 0 Å². The Bertz CT molecular complexity index is 918. The summed E-state index contributed by atoms with van der Waals surface area (Å²) in [6, 6.07) is 0. The third kappa shape index (κ3) is 36.3. The minimum atomic E-state index is -4.62. The maximum Gasteiger partial charge on any atom is 0.306 e. The highest BCUT2D eigenvalue weighted by atomic mass is 31.2. The Hall–Kier alpha value is -1.51. The molecule has 0 N–H and O–H groups in total. The molecule has 0 radical (unpaired) electrons. The van der Waals surface area contributed by atoms with Crippen LogP contribution in [0.1, 0.15) is 168 Å². The molecule has 0 amide bonds. The second kappa shape index (κ2) is 33.3. The van der Waals surface area contributed by atoms with E-state index in [9.17, 15) is 19.0 Å². The molecule has 294 valence electrons. The molecule has 0 aliphatic carbocycles. The number of carbonyl (C=O) groups excluding carboxylic acids is 2. The van der Waals surface area contributed by atoms with E-state index in [0.29, 0.717) is 23.9 Å². The van der Waals surface area contributed by atoms with Crippen molar-refractivity contribution in [3.8, 4) is 0 Å². The molecule has 0 heterocycles. The Morgan fingerprint density at radius 3 is 1.62 bits per heavy atom. The Kier molecular flexibility index (Phi) is 32.3. The van der Waals surface area contributed by atoms with Gasteiger partial charge in [0.15, 0.2) is 6.10 Å². The lowest BCUT2D eigenvalue weighted by Crippen LogP contribution is -2.37. The van der Waals surface area contributed by atoms with Crippen LogP contribution in [0.2, 0.25) is 0 Å². The van der Waals surface area contributed by atoms with Crippen molar-refractivity contribution >= 4 is 19.8 Å². The summed E-state index contributed by atoms with van der Waals surface area (Å²) >= 11 is 0. The van der Waals surface area contributed by atoms with Crippen molar-refractivity contribution in [2.45, 2.75) is 174 Å². The van der Waals surface area contributed by atoms with E-state index < -0.39 is 32.5 Å². The van der Waals surface area contributed by atoms with Crippen LogP contribution in [0.3, 0.4) is 0 Å². The number of esters is 2. The third-order valence-electron chi connectivity index (χ3n) is 8.47. The molecule has 0 aliphatic heterocycles. The van der Waals surface area contributed by atoms with Gasteiger partial charge in [-0.1, -0.05) is 134 Å². The van der Waals surface area contributed by atoms with Crippen LogP contribution >= 0.6 is 7.82 Å². The van der Waals surface area contributed by atoms with Gasteiger partial charge in [0.25, 0.3) is 7.82 Å². The van der Waals surface area contributed by atoms with E-state index in [-0.39, 0.29) is 26.1 Å². The first kappa shape index (κ1) is 48.5. The number of ether oxygens (including phenoxy) is 2. The summed E-state index contributed by atoms with van der Waals surface area (Å²) in [5, 5.41) is 0. The van der Waals surface area contributed by atoms with Crippen LogP contribution in [0.25, 0.3) is 0 Å². The molecule has 0 aliphatic rings. The largest absolute Gasteiger partial charge is 0.756 e. The molecule has 0 rings (SSSR count). The number of nitrogens with zero attached hydrogens (tertiary/aromatic N) is 1. The van der Waals surface area contributed by atoms with Crippen molar-refractivity contribution in [1.29, 1.82) is 0 Å². The lowest BCUT2D eigenvalue weighted by atomic mass is 10.1. The van der Waals surface area contributed by atoms with Gasteiger partial charge in [0.05, 0.1) is 27.7 Å². The molecule has 0 fully saturated rings. The lowest BCUT2D eigenvalue weighted by molar-refractivity contribution is -0.870. The van der Waals surface area contributed by atoms with E-state index in [0.717, 1.165) is 57.8 Å². The SMILES string of the molecule is CCCCC/C=C\C/C=C\CCCCCCCC(=O)OC[C@H](COP(=O)([O-])OCC[N+](C)(C)C)OC(=O)CCCCCCCCCCCCC. The second-order valence-corrected chi connectivity index (χ2v) is 16.1. The van der Waals surface area contributed by atoms with Gasteiger partial charge in [-0.15, -0.1) is 0 Å². The summed E-state index contributed by atoms with van der Waals surface area (Å²) in [7, 11) is 1.16. The van der Waals surface area contributed by atoms with Crippen molar-refractivity contribution in [3.05, 3.63) is 24.3 Å². The number of carbonyl (C=O) groups is 2. The molecule has 1 unspecified atom stereocenters. The molecule has 0 bridgehead atoms. The van der Waals surface area contributed by atoms with Gasteiger partial charge >= 0.3 is 11.9 Å². The number of hydrogen-bond acceptors (Lipinski definition) is 8. The highest BCUT2D eigenvalue weighted by Gasteiger charge is 2.21. The molecule has 0 saturated carbocycles. The molecule has 0 spiro atoms. The Morgan fingerprint density at radius 1 is 0.620 bits per heavy atom. The first-order chi connectivity index (χ1) is 24.0. The highest BCUT2D eigenvalue weighted by Crippen LogP contribution is 2.38. The predicted octanol–water partition coefficient (Wildman–Crippen LogP) is 10.2. The fraction of sp³-hybridized carbons (Fsp3) is 0.850. The van der Waals surface area contributed by atoms with Gasteiger partial charge in [-0.2, -0.15) is 0 Å². The quantitative estimate of drug-likeness (QED) is 0.0206. The molecule has 9 nitrogen and oxygen atoms in total. The van der Waals surface area contributed by atoms with Gasteiger partial charge in [0.2, 0.25) is 0 Å². The molecular formula is C40H76NO8P. The van der Waals surface area contributed by atoms with E-state index in [2.05, 4.69) is 38.2 Å². The number of quaternary nitrogens is 1. The summed E-state index contributed by atoms with van der Waals surface area (Å²) in [5.74, 6) is -0.849. The summed E-state index contributed by atoms with van der Waals surface area (Å²) in [6.45, 7) is 4.17. The van der Waals surface area contributed by atoms with Gasteiger partial charge in [0, 0.05) is 12.8 Å². The van der Waals surface area contributed by atoms with Gasteiger partial charge in [0.1, 0.15) is 19.8 Å². The van der Waals surface area contributed by atoms with Crippen LogP contribution in [0.15, 0.2) is 24.3 Å². The van der Waals surface area contributed by atoms with Crippen LogP contribution in [0.5, 0.6) is 0 Å². The smallest absolute Gasteiger partial charge is 0.306 e. The van der Waals surface area contributed by atoms with Gasteiger partial charge < -0.3 is 27.9 Å². The molecule has 10 heteroatoms. The molecule has 0 aromatic rings. The van der Waals surface area contributed by atoms with Gasteiger partial charge in [-0.25, -0.2) is 0 Å². The summed E-state index contributed by atoms with van der Waals surface area (Å²) in [6.07, 6.45) is 33.4. The van der Waals surface area contributed by atoms with Crippen LogP contribution < -0.4 is 4.89 Å². The van der Waals surface area contributed by atoms with Crippen LogP contribution in [0, 0.1) is 0 Å². The fourth-order valence-electron chi connectivity index (χ4n) is 5.27. The molecule has 0 saturated heterocycles. The lowest BCUT2D eigenvalue weighted by Gasteiger charge is -2.28. The second-order valence-electron chi connectivity index (χ2n) is 14.7. The molecule has 0 aromatic carbocycles. The average Bonchev–Trinajstić information content (AvgIpc) is 3.06. The van der Waals surface area contributed by atoms with Crippen LogP contribution in [-0.2, 0) is 32.7 Å². The fourth-order valence-corrected chi connectivity index (χ4v) is 6.00. The number of rotatable bonds is 36. The van der Waals surface area contributed by atoms with Crippen molar-refractivity contribution in [2.24, 2.45) is 0 Å².